The van der Waals surface area contributed by atoms with Gasteiger partial charge in [0.05, 0.1) is 0 Å². The fourth-order valence-corrected chi connectivity index (χ4v) is 7.48. The molecule has 0 heterocycles. The Kier molecular flexibility index (Phi) is 5.68. The summed E-state index contributed by atoms with van der Waals surface area (Å²) in [5, 5.41) is 0. The van der Waals surface area contributed by atoms with Crippen LogP contribution in [0.2, 0.25) is 0 Å². The van der Waals surface area contributed by atoms with Crippen molar-refractivity contribution in [1.29, 1.82) is 0 Å². The second kappa shape index (κ2) is 8.58. The molecule has 1 aromatic rings. The molecule has 0 saturated heterocycles. The highest BCUT2D eigenvalue weighted by Crippen LogP contribution is 2.61. The Hall–Kier alpha value is -2.08. The van der Waals surface area contributed by atoms with Crippen LogP contribution in [0.5, 0.6) is 0 Å². The number of hydrogen-bond donors (Lipinski definition) is 0. The first-order valence-corrected chi connectivity index (χ1v) is 12.2. The number of benzene rings is 1. The van der Waals surface area contributed by atoms with Crippen molar-refractivity contribution in [2.45, 2.75) is 50.4 Å². The van der Waals surface area contributed by atoms with E-state index in [0.29, 0.717) is 29.6 Å². The van der Waals surface area contributed by atoms with E-state index in [2.05, 4.69) is 91.6 Å². The molecule has 5 atom stereocenters. The molecule has 30 heavy (non-hydrogen) atoms. The lowest BCUT2D eigenvalue weighted by atomic mass is 9.57. The summed E-state index contributed by atoms with van der Waals surface area (Å²) in [4.78, 5) is 0. The molecule has 5 unspecified atom stereocenters. The maximum absolute atomic E-state index is 4.13. The third-order valence-electron chi connectivity index (χ3n) is 8.63. The summed E-state index contributed by atoms with van der Waals surface area (Å²) in [5.74, 6) is 4.06. The minimum absolute atomic E-state index is 0.220. The summed E-state index contributed by atoms with van der Waals surface area (Å²) in [6.45, 7) is 4.13. The summed E-state index contributed by atoms with van der Waals surface area (Å²) < 4.78 is 0. The van der Waals surface area contributed by atoms with Gasteiger partial charge in [-0.15, -0.1) is 6.58 Å². The molecule has 4 aliphatic rings. The van der Waals surface area contributed by atoms with Crippen LogP contribution in [-0.2, 0) is 5.41 Å². The van der Waals surface area contributed by atoms with Crippen molar-refractivity contribution in [3.8, 4) is 0 Å². The van der Waals surface area contributed by atoms with Gasteiger partial charge in [-0.1, -0.05) is 111 Å². The van der Waals surface area contributed by atoms with Crippen molar-refractivity contribution in [3.05, 3.63) is 97.2 Å². The summed E-state index contributed by atoms with van der Waals surface area (Å²) in [6, 6.07) is 11.6. The summed E-state index contributed by atoms with van der Waals surface area (Å²) in [7, 11) is 0. The predicted octanol–water partition coefficient (Wildman–Crippen LogP) is 7.82. The van der Waals surface area contributed by atoms with Crippen molar-refractivity contribution >= 4 is 0 Å². The highest BCUT2D eigenvalue weighted by molar-refractivity contribution is 5.36. The number of rotatable bonds is 7. The molecule has 2 saturated carbocycles. The lowest BCUT2D eigenvalue weighted by Gasteiger charge is -2.47. The third-order valence-corrected chi connectivity index (χ3v) is 8.63. The van der Waals surface area contributed by atoms with Crippen LogP contribution in [0, 0.1) is 35.5 Å². The highest BCUT2D eigenvalue weighted by atomic mass is 14.6. The molecule has 5 rings (SSSR count). The summed E-state index contributed by atoms with van der Waals surface area (Å²) in [5.41, 5.74) is 1.80. The standard InChI is InChI=1S/C30H36/c1-2-3-21-30(22-23-13-7-8-14-23,24-15-5-4-6-16-24)29-27-19-11-9-17-25(27)26-18-10-12-20-28(26)29/h2,4-6,9-12,15-20,23,25-29H,1,3,7-8,13-14,21-22H2. The van der Waals surface area contributed by atoms with Gasteiger partial charge < -0.3 is 0 Å². The first-order chi connectivity index (χ1) is 14.8. The minimum Gasteiger partial charge on any atom is -0.103 e. The van der Waals surface area contributed by atoms with Gasteiger partial charge in [-0.05, 0) is 65.7 Å². The van der Waals surface area contributed by atoms with Crippen molar-refractivity contribution in [1.82, 2.24) is 0 Å². The lowest BCUT2D eigenvalue weighted by molar-refractivity contribution is 0.144. The van der Waals surface area contributed by atoms with Gasteiger partial charge in [0, 0.05) is 0 Å². The van der Waals surface area contributed by atoms with E-state index in [4.69, 9.17) is 0 Å². The predicted molar refractivity (Wildman–Crippen MR) is 128 cm³/mol. The summed E-state index contributed by atoms with van der Waals surface area (Å²) in [6.07, 6.45) is 30.8. The van der Waals surface area contributed by atoms with Gasteiger partial charge in [0.2, 0.25) is 0 Å². The second-order valence-corrected chi connectivity index (χ2v) is 10.1. The molecular weight excluding hydrogens is 360 g/mol. The Bertz CT molecular complexity index is 813. The van der Waals surface area contributed by atoms with Gasteiger partial charge in [-0.25, -0.2) is 0 Å². The number of allylic oxidation sites excluding steroid dienone is 9. The van der Waals surface area contributed by atoms with E-state index in [1.54, 1.807) is 5.56 Å². The molecule has 0 N–H and O–H groups in total. The van der Waals surface area contributed by atoms with Gasteiger partial charge in [-0.2, -0.15) is 0 Å². The first-order valence-electron chi connectivity index (χ1n) is 12.2. The molecule has 0 nitrogen and oxygen atoms in total. The molecule has 0 radical (unpaired) electrons. The molecule has 2 fully saturated rings. The Morgan fingerprint density at radius 1 is 0.800 bits per heavy atom. The van der Waals surface area contributed by atoms with E-state index in [1.165, 1.54) is 38.5 Å². The van der Waals surface area contributed by atoms with Gasteiger partial charge in [0.1, 0.15) is 0 Å². The fraction of sp³-hybridized carbons (Fsp3) is 0.467. The molecule has 0 bridgehead atoms. The van der Waals surface area contributed by atoms with Crippen LogP contribution in [0.3, 0.4) is 0 Å². The third kappa shape index (κ3) is 3.39. The second-order valence-electron chi connectivity index (χ2n) is 10.1. The molecule has 0 spiro atoms. The zero-order valence-corrected chi connectivity index (χ0v) is 18.2. The monoisotopic (exact) mass is 396 g/mol. The first kappa shape index (κ1) is 19.9. The van der Waals surface area contributed by atoms with Crippen molar-refractivity contribution in [2.24, 2.45) is 35.5 Å². The maximum Gasteiger partial charge on any atom is -0.000152 e. The maximum atomic E-state index is 4.13. The molecule has 156 valence electrons. The number of fused-ring (bicyclic) bond motifs is 3. The molecule has 0 amide bonds. The molecule has 1 aromatic carbocycles. The van der Waals surface area contributed by atoms with Gasteiger partial charge in [0.15, 0.2) is 0 Å². The Morgan fingerprint density at radius 3 is 1.93 bits per heavy atom. The Morgan fingerprint density at radius 2 is 1.37 bits per heavy atom. The van der Waals surface area contributed by atoms with E-state index in [0.717, 1.165) is 12.3 Å². The van der Waals surface area contributed by atoms with Crippen LogP contribution in [0.25, 0.3) is 0 Å². The van der Waals surface area contributed by atoms with Crippen LogP contribution in [0.15, 0.2) is 91.6 Å². The van der Waals surface area contributed by atoms with Crippen LogP contribution in [0.4, 0.5) is 0 Å². The average Bonchev–Trinajstić information content (AvgIpc) is 3.43. The van der Waals surface area contributed by atoms with Crippen LogP contribution in [0.1, 0.15) is 50.5 Å². The Labute approximate surface area is 183 Å². The summed E-state index contributed by atoms with van der Waals surface area (Å²) >= 11 is 0. The SMILES string of the molecule is C=CCCC(CC1CCCC1)(c1ccccc1)C1C2C=CC=CC2C2C=CC=CC21. The van der Waals surface area contributed by atoms with Gasteiger partial charge in [0.25, 0.3) is 0 Å². The topological polar surface area (TPSA) is 0 Å². The smallest absolute Gasteiger partial charge is 0.000152 e. The van der Waals surface area contributed by atoms with E-state index >= 15 is 0 Å². The van der Waals surface area contributed by atoms with Crippen molar-refractivity contribution in [2.75, 3.05) is 0 Å². The Balaban J connectivity index is 1.65. The van der Waals surface area contributed by atoms with Crippen molar-refractivity contribution in [3.63, 3.8) is 0 Å². The lowest BCUT2D eigenvalue weighted by Crippen LogP contribution is -2.42. The molecule has 0 heteroatoms. The fourth-order valence-electron chi connectivity index (χ4n) is 7.48. The molecule has 0 aromatic heterocycles. The molecule has 4 aliphatic carbocycles. The molecular formula is C30H36. The van der Waals surface area contributed by atoms with Gasteiger partial charge in [-0.3, -0.25) is 0 Å². The van der Waals surface area contributed by atoms with Crippen molar-refractivity contribution < 1.29 is 0 Å². The largest absolute Gasteiger partial charge is 0.103 e. The highest BCUT2D eigenvalue weighted by Gasteiger charge is 2.56. The average molecular weight is 397 g/mol. The van der Waals surface area contributed by atoms with E-state index in [1.807, 2.05) is 0 Å². The van der Waals surface area contributed by atoms with E-state index < -0.39 is 0 Å². The zero-order valence-electron chi connectivity index (χ0n) is 18.2. The minimum atomic E-state index is 0.220. The van der Waals surface area contributed by atoms with E-state index in [9.17, 15) is 0 Å². The normalized spacial score (nSPS) is 33.9. The zero-order chi connectivity index (χ0) is 20.4. The quantitative estimate of drug-likeness (QED) is 0.412. The molecule has 0 aliphatic heterocycles. The van der Waals surface area contributed by atoms with Crippen LogP contribution < -0.4 is 0 Å². The number of hydrogen-bond acceptors (Lipinski definition) is 0. The van der Waals surface area contributed by atoms with Crippen LogP contribution >= 0.6 is 0 Å². The van der Waals surface area contributed by atoms with Crippen LogP contribution in [-0.4, -0.2) is 0 Å². The van der Waals surface area contributed by atoms with Gasteiger partial charge >= 0.3 is 0 Å². The van der Waals surface area contributed by atoms with E-state index in [-0.39, 0.29) is 5.41 Å².